The van der Waals surface area contributed by atoms with E-state index in [1.165, 1.54) is 0 Å². The molecule has 0 saturated heterocycles. The number of hydrogen-bond donors (Lipinski definition) is 1. The van der Waals surface area contributed by atoms with Crippen molar-refractivity contribution in [2.24, 2.45) is 11.8 Å². The number of nitrogens with one attached hydrogen (secondary N) is 1. The molecule has 0 bridgehead atoms. The molecular formula is C13H25ClN2O2. The average molecular weight is 277 g/mol. The molecule has 106 valence electrons. The van der Waals surface area contributed by atoms with Crippen LogP contribution in [0.15, 0.2) is 0 Å². The topological polar surface area (TPSA) is 49.4 Å². The van der Waals surface area contributed by atoms with Gasteiger partial charge in [-0.25, -0.2) is 0 Å². The van der Waals surface area contributed by atoms with E-state index in [-0.39, 0.29) is 0 Å². The van der Waals surface area contributed by atoms with Crippen LogP contribution in [0.2, 0.25) is 0 Å². The molecule has 18 heavy (non-hydrogen) atoms. The molecule has 0 aromatic heterocycles. The molecular weight excluding hydrogens is 252 g/mol. The number of amides is 2. The Balaban J connectivity index is 4.38. The van der Waals surface area contributed by atoms with Gasteiger partial charge in [0.2, 0.25) is 0 Å². The Morgan fingerprint density at radius 2 is 1.61 bits per heavy atom. The molecule has 0 unspecified atom stereocenters. The monoisotopic (exact) mass is 276 g/mol. The van der Waals surface area contributed by atoms with Gasteiger partial charge < -0.3 is 10.2 Å². The van der Waals surface area contributed by atoms with E-state index in [0.29, 0.717) is 43.8 Å². The SMILES string of the molecule is CC(C)CN(CC(C)C)C(=O)C(=O)NCCCCl. The van der Waals surface area contributed by atoms with Gasteiger partial charge in [-0.2, -0.15) is 0 Å². The van der Waals surface area contributed by atoms with Crippen molar-refractivity contribution in [1.29, 1.82) is 0 Å². The first-order valence-electron chi connectivity index (χ1n) is 6.51. The van der Waals surface area contributed by atoms with Gasteiger partial charge in [-0.05, 0) is 18.3 Å². The molecule has 4 nitrogen and oxygen atoms in total. The van der Waals surface area contributed by atoms with Gasteiger partial charge in [0.05, 0.1) is 0 Å². The predicted molar refractivity (Wildman–Crippen MR) is 74.6 cm³/mol. The maximum absolute atomic E-state index is 12.0. The van der Waals surface area contributed by atoms with Crippen LogP contribution < -0.4 is 5.32 Å². The lowest BCUT2D eigenvalue weighted by Crippen LogP contribution is -2.46. The molecule has 0 radical (unpaired) electrons. The summed E-state index contributed by atoms with van der Waals surface area (Å²) in [6, 6.07) is 0. The molecule has 0 aliphatic rings. The minimum absolute atomic E-state index is 0.350. The molecule has 0 atom stereocenters. The Labute approximate surface area is 115 Å². The Hall–Kier alpha value is -0.770. The van der Waals surface area contributed by atoms with Gasteiger partial charge >= 0.3 is 11.8 Å². The molecule has 0 fully saturated rings. The van der Waals surface area contributed by atoms with Crippen LogP contribution in [0, 0.1) is 11.8 Å². The van der Waals surface area contributed by atoms with E-state index in [0.717, 1.165) is 0 Å². The van der Waals surface area contributed by atoms with E-state index in [1.807, 2.05) is 27.7 Å². The van der Waals surface area contributed by atoms with E-state index in [9.17, 15) is 9.59 Å². The van der Waals surface area contributed by atoms with Gasteiger partial charge in [0.25, 0.3) is 0 Å². The van der Waals surface area contributed by atoms with Crippen LogP contribution in [0.3, 0.4) is 0 Å². The van der Waals surface area contributed by atoms with Crippen LogP contribution in [0.1, 0.15) is 34.1 Å². The molecule has 0 aliphatic carbocycles. The molecule has 0 aromatic rings. The highest BCUT2D eigenvalue weighted by molar-refractivity contribution is 6.35. The summed E-state index contributed by atoms with van der Waals surface area (Å²) in [4.78, 5) is 25.3. The van der Waals surface area contributed by atoms with E-state index < -0.39 is 11.8 Å². The summed E-state index contributed by atoms with van der Waals surface area (Å²) in [6.07, 6.45) is 0.676. The minimum atomic E-state index is -0.526. The van der Waals surface area contributed by atoms with Crippen molar-refractivity contribution >= 4 is 23.4 Å². The summed E-state index contributed by atoms with van der Waals surface area (Å²) in [7, 11) is 0. The Kier molecular flexibility index (Phi) is 8.81. The standard InChI is InChI=1S/C13H25ClN2O2/c1-10(2)8-16(9-11(3)4)13(18)12(17)15-7-5-6-14/h10-11H,5-9H2,1-4H3,(H,15,17). The molecule has 0 spiro atoms. The number of alkyl halides is 1. The Bertz CT molecular complexity index is 258. The number of nitrogens with zero attached hydrogens (tertiary/aromatic N) is 1. The van der Waals surface area contributed by atoms with Gasteiger partial charge in [-0.3, -0.25) is 9.59 Å². The fourth-order valence-corrected chi connectivity index (χ4v) is 1.74. The van der Waals surface area contributed by atoms with Crippen LogP contribution >= 0.6 is 11.6 Å². The second-order valence-electron chi connectivity index (χ2n) is 5.30. The number of rotatable bonds is 7. The van der Waals surface area contributed by atoms with E-state index in [2.05, 4.69) is 5.32 Å². The van der Waals surface area contributed by atoms with Gasteiger partial charge in [0, 0.05) is 25.5 Å². The second-order valence-corrected chi connectivity index (χ2v) is 5.67. The molecule has 2 amide bonds. The first kappa shape index (κ1) is 17.2. The van der Waals surface area contributed by atoms with Crippen LogP contribution in [-0.4, -0.2) is 42.2 Å². The highest BCUT2D eigenvalue weighted by Crippen LogP contribution is 2.04. The molecule has 0 saturated carbocycles. The molecule has 1 N–H and O–H groups in total. The van der Waals surface area contributed by atoms with Crippen molar-refractivity contribution in [2.45, 2.75) is 34.1 Å². The normalized spacial score (nSPS) is 10.8. The smallest absolute Gasteiger partial charge is 0.311 e. The zero-order valence-electron chi connectivity index (χ0n) is 11.8. The third-order valence-electron chi connectivity index (χ3n) is 2.25. The van der Waals surface area contributed by atoms with E-state index in [4.69, 9.17) is 11.6 Å². The van der Waals surface area contributed by atoms with Gasteiger partial charge in [-0.1, -0.05) is 27.7 Å². The van der Waals surface area contributed by atoms with Crippen LogP contribution in [0.4, 0.5) is 0 Å². The van der Waals surface area contributed by atoms with Crippen molar-refractivity contribution in [1.82, 2.24) is 10.2 Å². The molecule has 0 rings (SSSR count). The number of carbonyl (C=O) groups is 2. The van der Waals surface area contributed by atoms with Gasteiger partial charge in [0.15, 0.2) is 0 Å². The zero-order chi connectivity index (χ0) is 14.1. The molecule has 0 aromatic carbocycles. The number of hydrogen-bond acceptors (Lipinski definition) is 2. The number of carbonyl (C=O) groups excluding carboxylic acids is 2. The lowest BCUT2D eigenvalue weighted by molar-refractivity contribution is -0.146. The Morgan fingerprint density at radius 3 is 2.00 bits per heavy atom. The molecule has 5 heteroatoms. The maximum Gasteiger partial charge on any atom is 0.311 e. The van der Waals surface area contributed by atoms with Crippen molar-refractivity contribution < 1.29 is 9.59 Å². The lowest BCUT2D eigenvalue weighted by atomic mass is 10.1. The lowest BCUT2D eigenvalue weighted by Gasteiger charge is -2.25. The first-order chi connectivity index (χ1) is 8.38. The maximum atomic E-state index is 12.0. The van der Waals surface area contributed by atoms with Crippen molar-refractivity contribution in [3.05, 3.63) is 0 Å². The first-order valence-corrected chi connectivity index (χ1v) is 7.05. The highest BCUT2D eigenvalue weighted by atomic mass is 35.5. The third-order valence-corrected chi connectivity index (χ3v) is 2.52. The van der Waals surface area contributed by atoms with E-state index >= 15 is 0 Å². The van der Waals surface area contributed by atoms with E-state index in [1.54, 1.807) is 4.90 Å². The van der Waals surface area contributed by atoms with Gasteiger partial charge in [0.1, 0.15) is 0 Å². The summed E-state index contributed by atoms with van der Waals surface area (Å²) in [6.45, 7) is 9.81. The number of halogens is 1. The second kappa shape index (κ2) is 9.20. The summed E-state index contributed by atoms with van der Waals surface area (Å²) in [5, 5.41) is 2.60. The quantitative estimate of drug-likeness (QED) is 0.438. The zero-order valence-corrected chi connectivity index (χ0v) is 12.6. The molecule has 0 aliphatic heterocycles. The van der Waals surface area contributed by atoms with Crippen LogP contribution in [-0.2, 0) is 9.59 Å². The van der Waals surface area contributed by atoms with Gasteiger partial charge in [-0.15, -0.1) is 11.6 Å². The fraction of sp³-hybridized carbons (Fsp3) is 0.846. The van der Waals surface area contributed by atoms with Crippen molar-refractivity contribution in [3.8, 4) is 0 Å². The third kappa shape index (κ3) is 7.54. The van der Waals surface area contributed by atoms with Crippen molar-refractivity contribution in [2.75, 3.05) is 25.5 Å². The summed E-state index contributed by atoms with van der Waals surface area (Å²) in [5.74, 6) is 0.218. The molecule has 0 heterocycles. The minimum Gasteiger partial charge on any atom is -0.348 e. The van der Waals surface area contributed by atoms with Crippen LogP contribution in [0.25, 0.3) is 0 Å². The largest absolute Gasteiger partial charge is 0.348 e. The van der Waals surface area contributed by atoms with Crippen LogP contribution in [0.5, 0.6) is 0 Å². The van der Waals surface area contributed by atoms with Crippen molar-refractivity contribution in [3.63, 3.8) is 0 Å². The predicted octanol–water partition coefficient (Wildman–Crippen LogP) is 1.87. The summed E-state index contributed by atoms with van der Waals surface area (Å²) in [5.41, 5.74) is 0. The highest BCUT2D eigenvalue weighted by Gasteiger charge is 2.22. The average Bonchev–Trinajstić information content (AvgIpc) is 2.26. The summed E-state index contributed by atoms with van der Waals surface area (Å²) < 4.78 is 0. The summed E-state index contributed by atoms with van der Waals surface area (Å²) >= 11 is 5.52. The fourth-order valence-electron chi connectivity index (χ4n) is 1.61. The Morgan fingerprint density at radius 1 is 1.11 bits per heavy atom.